The minimum Gasteiger partial charge on any atom is -0.378 e. The van der Waals surface area contributed by atoms with E-state index in [-0.39, 0.29) is 0 Å². The third-order valence-electron chi connectivity index (χ3n) is 4.80. The second kappa shape index (κ2) is 7.23. The molecule has 21 heavy (non-hydrogen) atoms. The van der Waals surface area contributed by atoms with E-state index in [1.807, 2.05) is 19.3 Å². The Morgan fingerprint density at radius 3 is 3.14 bits per heavy atom. The van der Waals surface area contributed by atoms with E-state index in [0.717, 1.165) is 18.8 Å². The summed E-state index contributed by atoms with van der Waals surface area (Å²) in [5, 5.41) is 6.86. The molecule has 0 unspecified atom stereocenters. The van der Waals surface area contributed by atoms with E-state index < -0.39 is 0 Å². The summed E-state index contributed by atoms with van der Waals surface area (Å²) >= 11 is 0. The Bertz CT molecular complexity index is 445. The normalized spacial score (nSPS) is 27.6. The molecule has 116 valence electrons. The number of fused-ring (bicyclic) bond motifs is 1. The van der Waals surface area contributed by atoms with Crippen molar-refractivity contribution in [2.45, 2.75) is 63.1 Å². The van der Waals surface area contributed by atoms with Crippen molar-refractivity contribution >= 4 is 5.82 Å². The summed E-state index contributed by atoms with van der Waals surface area (Å²) in [5.41, 5.74) is 1.36. The van der Waals surface area contributed by atoms with Crippen LogP contribution in [0.3, 0.4) is 0 Å². The molecule has 0 amide bonds. The van der Waals surface area contributed by atoms with E-state index in [1.54, 1.807) is 0 Å². The smallest absolute Gasteiger partial charge is 0.129 e. The highest BCUT2D eigenvalue weighted by atomic mass is 16.5. The predicted octanol–water partition coefficient (Wildman–Crippen LogP) is 2.75. The molecule has 4 nitrogen and oxygen atoms in total. The summed E-state index contributed by atoms with van der Waals surface area (Å²) in [7, 11) is 2.03. The van der Waals surface area contributed by atoms with Crippen LogP contribution >= 0.6 is 0 Å². The topological polar surface area (TPSA) is 46.2 Å². The van der Waals surface area contributed by atoms with Crippen molar-refractivity contribution in [1.29, 1.82) is 0 Å². The summed E-state index contributed by atoms with van der Waals surface area (Å²) < 4.78 is 5.88. The molecule has 1 atom stereocenters. The van der Waals surface area contributed by atoms with Gasteiger partial charge in [0.1, 0.15) is 5.82 Å². The van der Waals surface area contributed by atoms with Crippen molar-refractivity contribution in [3.8, 4) is 0 Å². The van der Waals surface area contributed by atoms with Crippen molar-refractivity contribution in [3.05, 3.63) is 23.9 Å². The molecule has 0 bridgehead atoms. The number of pyridine rings is 1. The first-order chi connectivity index (χ1) is 10.3. The van der Waals surface area contributed by atoms with Crippen LogP contribution in [-0.2, 0) is 11.2 Å². The Hall–Kier alpha value is -1.13. The van der Waals surface area contributed by atoms with Crippen LogP contribution in [0.1, 0.15) is 44.1 Å². The third-order valence-corrected chi connectivity index (χ3v) is 4.80. The quantitative estimate of drug-likeness (QED) is 0.758. The minimum absolute atomic E-state index is 0.506. The largest absolute Gasteiger partial charge is 0.378 e. The molecule has 1 fully saturated rings. The fourth-order valence-corrected chi connectivity index (χ4v) is 3.26. The lowest BCUT2D eigenvalue weighted by molar-refractivity contribution is -0.0163. The predicted molar refractivity (Wildman–Crippen MR) is 85.6 cm³/mol. The lowest BCUT2D eigenvalue weighted by Gasteiger charge is -2.34. The van der Waals surface area contributed by atoms with Gasteiger partial charge in [-0.05, 0) is 63.6 Å². The Kier molecular flexibility index (Phi) is 5.09. The first-order valence-electron chi connectivity index (χ1n) is 8.34. The van der Waals surface area contributed by atoms with Gasteiger partial charge in [-0.2, -0.15) is 0 Å². The van der Waals surface area contributed by atoms with Crippen LogP contribution in [0, 0.1) is 0 Å². The van der Waals surface area contributed by atoms with E-state index in [9.17, 15) is 0 Å². The number of hydrogen-bond acceptors (Lipinski definition) is 4. The molecule has 1 aromatic heterocycles. The summed E-state index contributed by atoms with van der Waals surface area (Å²) in [6.45, 7) is 0.919. The Morgan fingerprint density at radius 1 is 1.38 bits per heavy atom. The maximum atomic E-state index is 5.88. The number of hydrogen-bond donors (Lipinski definition) is 2. The molecule has 0 aromatic carbocycles. The van der Waals surface area contributed by atoms with Gasteiger partial charge in [0.05, 0.1) is 6.10 Å². The summed E-state index contributed by atoms with van der Waals surface area (Å²) in [4.78, 5) is 4.43. The number of ether oxygens (including phenoxy) is 1. The summed E-state index contributed by atoms with van der Waals surface area (Å²) in [6.07, 6.45) is 10.8. The van der Waals surface area contributed by atoms with Gasteiger partial charge in [0.2, 0.25) is 0 Å². The number of anilines is 1. The molecule has 3 rings (SSSR count). The van der Waals surface area contributed by atoms with Gasteiger partial charge in [0, 0.05) is 24.9 Å². The van der Waals surface area contributed by atoms with Crippen molar-refractivity contribution in [2.75, 3.05) is 19.0 Å². The zero-order chi connectivity index (χ0) is 14.5. The molecule has 0 saturated heterocycles. The monoisotopic (exact) mass is 289 g/mol. The molecule has 1 saturated carbocycles. The Morgan fingerprint density at radius 2 is 2.29 bits per heavy atom. The van der Waals surface area contributed by atoms with E-state index in [4.69, 9.17) is 4.74 Å². The molecule has 2 N–H and O–H groups in total. The fourth-order valence-electron chi connectivity index (χ4n) is 3.26. The van der Waals surface area contributed by atoms with Gasteiger partial charge in [-0.25, -0.2) is 4.98 Å². The van der Waals surface area contributed by atoms with Crippen LogP contribution in [0.5, 0.6) is 0 Å². The number of nitrogens with one attached hydrogen (secondary N) is 2. The average molecular weight is 289 g/mol. The van der Waals surface area contributed by atoms with Crippen molar-refractivity contribution in [2.24, 2.45) is 0 Å². The van der Waals surface area contributed by atoms with E-state index in [2.05, 4.69) is 21.7 Å². The van der Waals surface area contributed by atoms with Crippen LogP contribution in [0.15, 0.2) is 18.3 Å². The first kappa shape index (κ1) is 14.8. The maximum absolute atomic E-state index is 5.88. The molecule has 0 radical (unpaired) electrons. The van der Waals surface area contributed by atoms with Gasteiger partial charge in [-0.3, -0.25) is 0 Å². The molecular formula is C17H27N3O. The van der Waals surface area contributed by atoms with Crippen LogP contribution in [0.4, 0.5) is 5.82 Å². The second-order valence-corrected chi connectivity index (χ2v) is 6.34. The molecule has 4 heteroatoms. The average Bonchev–Trinajstić information content (AvgIpc) is 2.48. The lowest BCUT2D eigenvalue weighted by atomic mass is 9.89. The third kappa shape index (κ3) is 3.95. The lowest BCUT2D eigenvalue weighted by Crippen LogP contribution is -2.43. The van der Waals surface area contributed by atoms with E-state index >= 15 is 0 Å². The first-order valence-corrected chi connectivity index (χ1v) is 8.34. The molecule has 2 aliphatic rings. The molecule has 2 heterocycles. The van der Waals surface area contributed by atoms with Gasteiger partial charge in [0.15, 0.2) is 0 Å². The zero-order valence-electron chi connectivity index (χ0n) is 13.0. The highest BCUT2D eigenvalue weighted by Crippen LogP contribution is 2.25. The standard InChI is InChI=1S/C17H27N3O/c1-18-15-11-16(12-15)21-10-3-2-6-14-8-7-13-5-4-9-19-17(13)20-14/h4-5,9,14-16,18H,2-3,6-8,10-12H2,1H3,(H,19,20)/t14-,15?,16?/m1/s1. The SMILES string of the molecule is CNC1CC(OCCCC[C@@H]2CCc3cccnc3N2)C1. The molecule has 1 aliphatic heterocycles. The number of unbranched alkanes of at least 4 members (excludes halogenated alkanes) is 1. The van der Waals surface area contributed by atoms with Crippen molar-refractivity contribution in [3.63, 3.8) is 0 Å². The number of nitrogens with zero attached hydrogens (tertiary/aromatic N) is 1. The highest BCUT2D eigenvalue weighted by molar-refractivity contribution is 5.46. The molecular weight excluding hydrogens is 262 g/mol. The van der Waals surface area contributed by atoms with Gasteiger partial charge < -0.3 is 15.4 Å². The highest BCUT2D eigenvalue weighted by Gasteiger charge is 2.28. The Labute approximate surface area is 127 Å². The van der Waals surface area contributed by atoms with Gasteiger partial charge >= 0.3 is 0 Å². The summed E-state index contributed by atoms with van der Waals surface area (Å²) in [6, 6.07) is 5.48. The minimum atomic E-state index is 0.506. The Balaban J connectivity index is 1.27. The van der Waals surface area contributed by atoms with Gasteiger partial charge in [0.25, 0.3) is 0 Å². The number of rotatable bonds is 7. The van der Waals surface area contributed by atoms with Gasteiger partial charge in [-0.15, -0.1) is 0 Å². The zero-order valence-corrected chi connectivity index (χ0v) is 13.0. The van der Waals surface area contributed by atoms with Crippen LogP contribution < -0.4 is 10.6 Å². The molecule has 1 aliphatic carbocycles. The second-order valence-electron chi connectivity index (χ2n) is 6.34. The maximum Gasteiger partial charge on any atom is 0.129 e. The van der Waals surface area contributed by atoms with E-state index in [1.165, 1.54) is 44.1 Å². The van der Waals surface area contributed by atoms with E-state index in [0.29, 0.717) is 18.2 Å². The summed E-state index contributed by atoms with van der Waals surface area (Å²) in [5.74, 6) is 1.09. The number of aryl methyl sites for hydroxylation is 1. The van der Waals surface area contributed by atoms with Crippen molar-refractivity contribution in [1.82, 2.24) is 10.3 Å². The van der Waals surface area contributed by atoms with Crippen LogP contribution in [-0.4, -0.2) is 36.8 Å². The van der Waals surface area contributed by atoms with Crippen molar-refractivity contribution < 1.29 is 4.74 Å². The van der Waals surface area contributed by atoms with Crippen LogP contribution in [0.2, 0.25) is 0 Å². The van der Waals surface area contributed by atoms with Crippen LogP contribution in [0.25, 0.3) is 0 Å². The van der Waals surface area contributed by atoms with Gasteiger partial charge in [-0.1, -0.05) is 6.07 Å². The fraction of sp³-hybridized carbons (Fsp3) is 0.706. The molecule has 0 spiro atoms. The molecule has 1 aromatic rings. The number of aromatic nitrogens is 1.